The molecule has 6 nitrogen and oxygen atoms in total. The van der Waals surface area contributed by atoms with Crippen LogP contribution in [0.25, 0.3) is 0 Å². The highest BCUT2D eigenvalue weighted by atomic mass is 79.9. The van der Waals surface area contributed by atoms with Crippen molar-refractivity contribution in [2.75, 3.05) is 0 Å². The van der Waals surface area contributed by atoms with Crippen molar-refractivity contribution in [2.24, 2.45) is 7.05 Å². The number of hydrogen-bond donors (Lipinski definition) is 2. The van der Waals surface area contributed by atoms with Crippen LogP contribution < -0.4 is 5.32 Å². The summed E-state index contributed by atoms with van der Waals surface area (Å²) in [6.45, 7) is 0.208. The smallest absolute Gasteiger partial charge is 0.355 e. The Hall–Kier alpha value is -1.67. The Morgan fingerprint density at radius 3 is 2.84 bits per heavy atom. The number of thiazole rings is 1. The van der Waals surface area contributed by atoms with E-state index in [4.69, 9.17) is 5.11 Å². The molecular formula is C11H10BrN3O3S. The molecule has 0 aromatic carbocycles. The fraction of sp³-hybridized carbons (Fsp3) is 0.182. The summed E-state index contributed by atoms with van der Waals surface area (Å²) in [4.78, 5) is 26.5. The number of carbonyl (C=O) groups is 2. The zero-order valence-electron chi connectivity index (χ0n) is 9.88. The van der Waals surface area contributed by atoms with E-state index in [-0.39, 0.29) is 18.1 Å². The van der Waals surface area contributed by atoms with Crippen LogP contribution in [-0.4, -0.2) is 26.5 Å². The fourth-order valence-corrected chi connectivity index (χ4v) is 2.72. The van der Waals surface area contributed by atoms with E-state index < -0.39 is 5.97 Å². The molecule has 2 aromatic heterocycles. The third-order valence-corrected chi connectivity index (χ3v) is 3.66. The maximum Gasteiger partial charge on any atom is 0.355 e. The van der Waals surface area contributed by atoms with Crippen molar-refractivity contribution in [2.45, 2.75) is 6.54 Å². The average molecular weight is 344 g/mol. The van der Waals surface area contributed by atoms with Gasteiger partial charge in [0, 0.05) is 23.1 Å². The van der Waals surface area contributed by atoms with E-state index in [2.05, 4.69) is 26.2 Å². The fourth-order valence-electron chi connectivity index (χ4n) is 1.49. The number of aryl methyl sites for hydroxylation is 1. The van der Waals surface area contributed by atoms with Gasteiger partial charge in [-0.1, -0.05) is 0 Å². The molecular weight excluding hydrogens is 334 g/mol. The van der Waals surface area contributed by atoms with E-state index in [9.17, 15) is 9.59 Å². The molecule has 19 heavy (non-hydrogen) atoms. The number of amides is 1. The van der Waals surface area contributed by atoms with Gasteiger partial charge in [-0.05, 0) is 22.0 Å². The van der Waals surface area contributed by atoms with E-state index >= 15 is 0 Å². The Labute approximate surface area is 121 Å². The molecule has 0 saturated carbocycles. The zero-order chi connectivity index (χ0) is 14.0. The quantitative estimate of drug-likeness (QED) is 0.887. The van der Waals surface area contributed by atoms with Crippen molar-refractivity contribution >= 4 is 39.1 Å². The summed E-state index contributed by atoms with van der Waals surface area (Å²) in [7, 11) is 1.77. The topological polar surface area (TPSA) is 84.2 Å². The Balaban J connectivity index is 2.00. The van der Waals surface area contributed by atoms with Crippen molar-refractivity contribution in [3.8, 4) is 0 Å². The largest absolute Gasteiger partial charge is 0.476 e. The molecule has 0 fully saturated rings. The molecule has 0 aliphatic rings. The van der Waals surface area contributed by atoms with Gasteiger partial charge >= 0.3 is 5.97 Å². The Bertz CT molecular complexity index is 635. The summed E-state index contributed by atoms with van der Waals surface area (Å²) in [6, 6.07) is 1.71. The van der Waals surface area contributed by atoms with Crippen molar-refractivity contribution < 1.29 is 14.7 Å². The van der Waals surface area contributed by atoms with Crippen molar-refractivity contribution in [1.29, 1.82) is 0 Å². The van der Waals surface area contributed by atoms with Crippen LogP contribution in [0, 0.1) is 0 Å². The molecule has 2 aromatic rings. The maximum absolute atomic E-state index is 11.9. The number of aromatic nitrogens is 2. The molecule has 2 N–H and O–H groups in total. The summed E-state index contributed by atoms with van der Waals surface area (Å²) in [5.74, 6) is -1.31. The second-order valence-corrected chi connectivity index (χ2v) is 5.63. The maximum atomic E-state index is 11.9. The Morgan fingerprint density at radius 2 is 2.32 bits per heavy atom. The highest BCUT2D eigenvalue weighted by Crippen LogP contribution is 2.14. The first kappa shape index (κ1) is 13.8. The van der Waals surface area contributed by atoms with Gasteiger partial charge in [0.2, 0.25) is 0 Å². The minimum atomic E-state index is -1.07. The van der Waals surface area contributed by atoms with Crippen molar-refractivity contribution in [3.05, 3.63) is 38.5 Å². The molecule has 0 atom stereocenters. The van der Waals surface area contributed by atoms with Gasteiger partial charge in [-0.2, -0.15) is 0 Å². The first-order valence-corrected chi connectivity index (χ1v) is 6.92. The SMILES string of the molecule is Cn1cc(Br)cc1C(=O)NCc1nc(C(=O)O)cs1. The van der Waals surface area contributed by atoms with E-state index in [0.717, 1.165) is 4.47 Å². The number of carboxylic acids is 1. The molecule has 0 radical (unpaired) electrons. The van der Waals surface area contributed by atoms with Gasteiger partial charge in [-0.15, -0.1) is 11.3 Å². The molecule has 0 aliphatic carbocycles. The lowest BCUT2D eigenvalue weighted by molar-refractivity contribution is 0.0691. The second kappa shape index (κ2) is 5.54. The lowest BCUT2D eigenvalue weighted by Crippen LogP contribution is -2.24. The molecule has 2 rings (SSSR count). The number of halogens is 1. The molecule has 0 spiro atoms. The van der Waals surface area contributed by atoms with Crippen LogP contribution >= 0.6 is 27.3 Å². The van der Waals surface area contributed by atoms with Crippen LogP contribution in [0.2, 0.25) is 0 Å². The number of rotatable bonds is 4. The van der Waals surface area contributed by atoms with E-state index in [0.29, 0.717) is 10.7 Å². The predicted molar refractivity (Wildman–Crippen MR) is 73.4 cm³/mol. The van der Waals surface area contributed by atoms with Crippen LogP contribution in [0.5, 0.6) is 0 Å². The lowest BCUT2D eigenvalue weighted by Gasteiger charge is -2.03. The van der Waals surface area contributed by atoms with Gasteiger partial charge in [-0.3, -0.25) is 4.79 Å². The first-order valence-electron chi connectivity index (χ1n) is 5.25. The van der Waals surface area contributed by atoms with Crippen LogP contribution in [0.4, 0.5) is 0 Å². The van der Waals surface area contributed by atoms with Gasteiger partial charge in [0.05, 0.1) is 6.54 Å². The average Bonchev–Trinajstić information content (AvgIpc) is 2.93. The number of hydrogen-bond acceptors (Lipinski definition) is 4. The number of nitrogens with zero attached hydrogens (tertiary/aromatic N) is 2. The van der Waals surface area contributed by atoms with Gasteiger partial charge < -0.3 is 15.0 Å². The second-order valence-electron chi connectivity index (χ2n) is 3.77. The Morgan fingerprint density at radius 1 is 1.58 bits per heavy atom. The zero-order valence-corrected chi connectivity index (χ0v) is 12.3. The van der Waals surface area contributed by atoms with Crippen LogP contribution in [-0.2, 0) is 13.6 Å². The molecule has 8 heteroatoms. The normalized spacial score (nSPS) is 10.4. The van der Waals surface area contributed by atoms with Crippen LogP contribution in [0.15, 0.2) is 22.1 Å². The number of carbonyl (C=O) groups excluding carboxylic acids is 1. The molecule has 0 unspecified atom stereocenters. The minimum Gasteiger partial charge on any atom is -0.476 e. The van der Waals surface area contributed by atoms with Crippen molar-refractivity contribution in [1.82, 2.24) is 14.9 Å². The van der Waals surface area contributed by atoms with Gasteiger partial charge in [0.1, 0.15) is 10.7 Å². The number of aromatic carboxylic acids is 1. The molecule has 100 valence electrons. The van der Waals surface area contributed by atoms with E-state index in [1.807, 2.05) is 0 Å². The molecule has 0 bridgehead atoms. The third kappa shape index (κ3) is 3.21. The van der Waals surface area contributed by atoms with E-state index in [1.165, 1.54) is 16.7 Å². The predicted octanol–water partition coefficient (Wildman–Crippen LogP) is 1.87. The Kier molecular flexibility index (Phi) is 4.01. The van der Waals surface area contributed by atoms with Gasteiger partial charge in [0.15, 0.2) is 5.69 Å². The molecule has 0 aliphatic heterocycles. The highest BCUT2D eigenvalue weighted by molar-refractivity contribution is 9.10. The first-order chi connectivity index (χ1) is 8.97. The van der Waals surface area contributed by atoms with Crippen LogP contribution in [0.1, 0.15) is 26.0 Å². The minimum absolute atomic E-state index is 0.00383. The summed E-state index contributed by atoms with van der Waals surface area (Å²) in [6.07, 6.45) is 1.78. The summed E-state index contributed by atoms with van der Waals surface area (Å²) < 4.78 is 2.52. The lowest BCUT2D eigenvalue weighted by atomic mass is 10.4. The highest BCUT2D eigenvalue weighted by Gasteiger charge is 2.13. The van der Waals surface area contributed by atoms with Crippen molar-refractivity contribution in [3.63, 3.8) is 0 Å². The monoisotopic (exact) mass is 343 g/mol. The number of carboxylic acid groups (broad SMARTS) is 1. The van der Waals surface area contributed by atoms with Gasteiger partial charge in [-0.25, -0.2) is 9.78 Å². The standard InChI is InChI=1S/C11H10BrN3O3S/c1-15-4-6(12)2-8(15)10(16)13-3-9-14-7(5-19-9)11(17)18/h2,4-5H,3H2,1H3,(H,13,16)(H,17,18). The molecule has 0 saturated heterocycles. The van der Waals surface area contributed by atoms with E-state index in [1.54, 1.807) is 23.9 Å². The molecule has 2 heterocycles. The summed E-state index contributed by atoms with van der Waals surface area (Å²) in [5.41, 5.74) is 0.512. The van der Waals surface area contributed by atoms with Crippen LogP contribution in [0.3, 0.4) is 0 Å². The number of nitrogens with one attached hydrogen (secondary N) is 1. The summed E-state index contributed by atoms with van der Waals surface area (Å²) in [5, 5.41) is 13.4. The summed E-state index contributed by atoms with van der Waals surface area (Å²) >= 11 is 4.49. The third-order valence-electron chi connectivity index (χ3n) is 2.38. The molecule has 1 amide bonds. The van der Waals surface area contributed by atoms with Gasteiger partial charge in [0.25, 0.3) is 5.91 Å².